The van der Waals surface area contributed by atoms with Crippen LogP contribution in [0.2, 0.25) is 0 Å². The largest absolute Gasteiger partial charge is 0.313 e. The molecule has 0 bridgehead atoms. The normalized spacial score (nSPS) is 34.8. The molecule has 15 heavy (non-hydrogen) atoms. The van der Waals surface area contributed by atoms with Gasteiger partial charge in [0, 0.05) is 12.6 Å². The van der Waals surface area contributed by atoms with E-state index in [2.05, 4.69) is 19.2 Å². The van der Waals surface area contributed by atoms with Gasteiger partial charge >= 0.3 is 0 Å². The fraction of sp³-hybridized carbons (Fsp3) is 1.00. The van der Waals surface area contributed by atoms with E-state index in [1.165, 1.54) is 57.9 Å². The maximum atomic E-state index is 3.83. The molecule has 0 aromatic carbocycles. The van der Waals surface area contributed by atoms with Crippen LogP contribution < -0.4 is 5.32 Å². The molecule has 0 radical (unpaired) electrons. The lowest BCUT2D eigenvalue weighted by Gasteiger charge is -2.26. The van der Waals surface area contributed by atoms with Crippen LogP contribution >= 0.6 is 0 Å². The van der Waals surface area contributed by atoms with Gasteiger partial charge in [-0.2, -0.15) is 0 Å². The molecule has 2 aliphatic carbocycles. The van der Waals surface area contributed by atoms with Crippen molar-refractivity contribution < 1.29 is 0 Å². The molecule has 0 heterocycles. The third-order valence-corrected chi connectivity index (χ3v) is 4.75. The van der Waals surface area contributed by atoms with E-state index in [1.807, 2.05) is 0 Å². The van der Waals surface area contributed by atoms with E-state index in [9.17, 15) is 0 Å². The molecule has 0 saturated heterocycles. The van der Waals surface area contributed by atoms with Gasteiger partial charge in [0.25, 0.3) is 0 Å². The molecule has 1 nitrogen and oxygen atoms in total. The summed E-state index contributed by atoms with van der Waals surface area (Å²) in [4.78, 5) is 0. The average Bonchev–Trinajstić information content (AvgIpc) is 2.84. The van der Waals surface area contributed by atoms with Crippen molar-refractivity contribution in [3.63, 3.8) is 0 Å². The molecule has 0 spiro atoms. The summed E-state index contributed by atoms with van der Waals surface area (Å²) in [6.07, 6.45) is 11.5. The maximum Gasteiger partial charge on any atom is 0.00700 e. The summed E-state index contributed by atoms with van der Waals surface area (Å²) in [7, 11) is 0. The van der Waals surface area contributed by atoms with Crippen molar-refractivity contribution in [3.8, 4) is 0 Å². The van der Waals surface area contributed by atoms with Crippen molar-refractivity contribution in [2.75, 3.05) is 6.54 Å². The summed E-state index contributed by atoms with van der Waals surface area (Å²) in [5, 5.41) is 3.83. The van der Waals surface area contributed by atoms with E-state index in [4.69, 9.17) is 0 Å². The van der Waals surface area contributed by atoms with Crippen LogP contribution in [0.4, 0.5) is 0 Å². The van der Waals surface area contributed by atoms with Gasteiger partial charge < -0.3 is 5.32 Å². The third-order valence-electron chi connectivity index (χ3n) is 4.75. The zero-order valence-electron chi connectivity index (χ0n) is 10.5. The highest BCUT2D eigenvalue weighted by molar-refractivity contribution is 4.86. The molecule has 2 fully saturated rings. The summed E-state index contributed by atoms with van der Waals surface area (Å²) in [5.74, 6) is 1.01. The van der Waals surface area contributed by atoms with E-state index in [0.29, 0.717) is 5.41 Å². The first-order valence-corrected chi connectivity index (χ1v) is 6.95. The van der Waals surface area contributed by atoms with E-state index in [1.54, 1.807) is 0 Å². The number of nitrogens with one attached hydrogen (secondary N) is 1. The Morgan fingerprint density at radius 2 is 1.93 bits per heavy atom. The molecular formula is C14H27N. The topological polar surface area (TPSA) is 12.0 Å². The Balaban J connectivity index is 1.70. The van der Waals surface area contributed by atoms with Gasteiger partial charge in [0.05, 0.1) is 0 Å². The minimum absolute atomic E-state index is 0.629. The summed E-state index contributed by atoms with van der Waals surface area (Å²) < 4.78 is 0. The Bertz CT molecular complexity index is 194. The van der Waals surface area contributed by atoms with Crippen LogP contribution in [0.3, 0.4) is 0 Å². The zero-order chi connectivity index (χ0) is 10.7. The van der Waals surface area contributed by atoms with Gasteiger partial charge in [0.1, 0.15) is 0 Å². The minimum Gasteiger partial charge on any atom is -0.313 e. The standard InChI is InChI=1S/C14H27N/c1-3-12-6-7-13(10-12)15-11-14(2)8-4-5-9-14/h12-13,15H,3-11H2,1-2H3. The van der Waals surface area contributed by atoms with Gasteiger partial charge in [-0.15, -0.1) is 0 Å². The van der Waals surface area contributed by atoms with Gasteiger partial charge in [-0.25, -0.2) is 0 Å². The fourth-order valence-electron chi connectivity index (χ4n) is 3.43. The molecule has 0 aliphatic heterocycles. The fourth-order valence-corrected chi connectivity index (χ4v) is 3.43. The Kier molecular flexibility index (Phi) is 3.71. The second-order valence-corrected chi connectivity index (χ2v) is 6.18. The molecule has 0 amide bonds. The number of hydrogen-bond donors (Lipinski definition) is 1. The van der Waals surface area contributed by atoms with Gasteiger partial charge in [0.15, 0.2) is 0 Å². The minimum atomic E-state index is 0.629. The van der Waals surface area contributed by atoms with Crippen molar-refractivity contribution in [2.24, 2.45) is 11.3 Å². The average molecular weight is 209 g/mol. The van der Waals surface area contributed by atoms with Gasteiger partial charge in [-0.05, 0) is 43.4 Å². The van der Waals surface area contributed by atoms with Crippen LogP contribution in [-0.2, 0) is 0 Å². The molecule has 2 aliphatic rings. The Morgan fingerprint density at radius 1 is 1.20 bits per heavy atom. The van der Waals surface area contributed by atoms with E-state index in [0.717, 1.165) is 12.0 Å². The quantitative estimate of drug-likeness (QED) is 0.744. The predicted octanol–water partition coefficient (Wildman–Crippen LogP) is 3.74. The highest BCUT2D eigenvalue weighted by atomic mass is 14.9. The molecule has 88 valence electrons. The lowest BCUT2D eigenvalue weighted by atomic mass is 9.88. The molecule has 2 saturated carbocycles. The van der Waals surface area contributed by atoms with Crippen LogP contribution in [0.1, 0.15) is 65.2 Å². The monoisotopic (exact) mass is 209 g/mol. The molecule has 1 heteroatoms. The Labute approximate surface area is 95.0 Å². The summed E-state index contributed by atoms with van der Waals surface area (Å²) >= 11 is 0. The number of hydrogen-bond acceptors (Lipinski definition) is 1. The highest BCUT2D eigenvalue weighted by Crippen LogP contribution is 2.37. The van der Waals surface area contributed by atoms with Crippen molar-refractivity contribution in [2.45, 2.75) is 71.3 Å². The summed E-state index contributed by atoms with van der Waals surface area (Å²) in [6.45, 7) is 6.08. The zero-order valence-corrected chi connectivity index (χ0v) is 10.5. The second kappa shape index (κ2) is 4.86. The summed E-state index contributed by atoms with van der Waals surface area (Å²) in [6, 6.07) is 0.840. The smallest absolute Gasteiger partial charge is 0.00700 e. The molecule has 0 aromatic heterocycles. The third kappa shape index (κ3) is 2.96. The van der Waals surface area contributed by atoms with Crippen LogP contribution in [-0.4, -0.2) is 12.6 Å². The van der Waals surface area contributed by atoms with Crippen LogP contribution in [0, 0.1) is 11.3 Å². The van der Waals surface area contributed by atoms with Crippen molar-refractivity contribution in [1.82, 2.24) is 5.32 Å². The lowest BCUT2D eigenvalue weighted by molar-refractivity contribution is 0.295. The Morgan fingerprint density at radius 3 is 2.53 bits per heavy atom. The molecule has 2 unspecified atom stereocenters. The molecule has 2 atom stereocenters. The van der Waals surface area contributed by atoms with E-state index in [-0.39, 0.29) is 0 Å². The van der Waals surface area contributed by atoms with Crippen LogP contribution in [0.15, 0.2) is 0 Å². The van der Waals surface area contributed by atoms with Gasteiger partial charge in [-0.3, -0.25) is 0 Å². The maximum absolute atomic E-state index is 3.83. The first-order chi connectivity index (χ1) is 7.22. The van der Waals surface area contributed by atoms with Crippen molar-refractivity contribution in [1.29, 1.82) is 0 Å². The van der Waals surface area contributed by atoms with Crippen LogP contribution in [0.5, 0.6) is 0 Å². The highest BCUT2D eigenvalue weighted by Gasteiger charge is 2.30. The summed E-state index contributed by atoms with van der Waals surface area (Å²) in [5.41, 5.74) is 0.629. The predicted molar refractivity (Wildman–Crippen MR) is 66.0 cm³/mol. The lowest BCUT2D eigenvalue weighted by Crippen LogP contribution is -2.35. The van der Waals surface area contributed by atoms with Gasteiger partial charge in [0.2, 0.25) is 0 Å². The first-order valence-electron chi connectivity index (χ1n) is 6.95. The molecular weight excluding hydrogens is 182 g/mol. The molecule has 1 N–H and O–H groups in total. The first kappa shape index (κ1) is 11.4. The van der Waals surface area contributed by atoms with Gasteiger partial charge in [-0.1, -0.05) is 33.1 Å². The van der Waals surface area contributed by atoms with E-state index >= 15 is 0 Å². The SMILES string of the molecule is CCC1CCC(NCC2(C)CCCC2)C1. The molecule has 2 rings (SSSR count). The Hall–Kier alpha value is -0.0400. The molecule has 0 aromatic rings. The van der Waals surface area contributed by atoms with Crippen LogP contribution in [0.25, 0.3) is 0 Å². The van der Waals surface area contributed by atoms with Crippen molar-refractivity contribution in [3.05, 3.63) is 0 Å². The second-order valence-electron chi connectivity index (χ2n) is 6.18. The number of rotatable bonds is 4. The van der Waals surface area contributed by atoms with E-state index < -0.39 is 0 Å². The van der Waals surface area contributed by atoms with Crippen molar-refractivity contribution >= 4 is 0 Å².